The normalized spacial score (nSPS) is 28.6. The van der Waals surface area contributed by atoms with Crippen molar-refractivity contribution in [3.05, 3.63) is 63.6 Å². The summed E-state index contributed by atoms with van der Waals surface area (Å²) in [6, 6.07) is 13.3. The largest absolute Gasteiger partial charge is 0.497 e. The SMILES string of the molecule is COc1cccc([C@@]23CC[N+](C)(C)C[C@@]2(O)CC[C@H](NC(=O)Cc2ccc(Cl)c(Cl)c2)C3)c1. The van der Waals surface area contributed by atoms with Crippen LogP contribution in [0.1, 0.15) is 36.8 Å². The van der Waals surface area contributed by atoms with Crippen LogP contribution in [0, 0.1) is 0 Å². The zero-order valence-electron chi connectivity index (χ0n) is 19.5. The molecule has 1 saturated heterocycles. The van der Waals surface area contributed by atoms with Crippen molar-refractivity contribution in [2.45, 2.75) is 49.2 Å². The first-order valence-corrected chi connectivity index (χ1v) is 12.2. The molecule has 0 unspecified atom stereocenters. The molecule has 1 aliphatic carbocycles. The lowest BCUT2D eigenvalue weighted by Crippen LogP contribution is -2.70. The summed E-state index contributed by atoms with van der Waals surface area (Å²) in [5.74, 6) is 0.742. The maximum Gasteiger partial charge on any atom is 0.224 e. The molecule has 0 aromatic heterocycles. The predicted molar refractivity (Wildman–Crippen MR) is 132 cm³/mol. The number of quaternary nitrogens is 1. The number of nitrogens with zero attached hydrogens (tertiary/aromatic N) is 1. The quantitative estimate of drug-likeness (QED) is 0.610. The highest BCUT2D eigenvalue weighted by molar-refractivity contribution is 6.42. The van der Waals surface area contributed by atoms with Crippen molar-refractivity contribution in [3.63, 3.8) is 0 Å². The van der Waals surface area contributed by atoms with Gasteiger partial charge in [0.15, 0.2) is 0 Å². The molecule has 2 aromatic rings. The van der Waals surface area contributed by atoms with Gasteiger partial charge >= 0.3 is 0 Å². The number of likely N-dealkylation sites (N-methyl/N-ethyl adjacent to an activating group) is 1. The monoisotopic (exact) mass is 491 g/mol. The van der Waals surface area contributed by atoms with Crippen molar-refractivity contribution in [1.29, 1.82) is 0 Å². The molecule has 0 spiro atoms. The van der Waals surface area contributed by atoms with Gasteiger partial charge in [-0.05, 0) is 54.7 Å². The molecule has 7 heteroatoms. The molecule has 4 rings (SSSR count). The van der Waals surface area contributed by atoms with Crippen LogP contribution in [0.5, 0.6) is 5.75 Å². The van der Waals surface area contributed by atoms with Gasteiger partial charge in [0.1, 0.15) is 17.9 Å². The van der Waals surface area contributed by atoms with Crippen molar-refractivity contribution < 1.29 is 19.1 Å². The predicted octanol–water partition coefficient (Wildman–Crippen LogP) is 4.36. The highest BCUT2D eigenvalue weighted by atomic mass is 35.5. The van der Waals surface area contributed by atoms with E-state index in [0.29, 0.717) is 29.4 Å². The fraction of sp³-hybridized carbons (Fsp3) is 0.500. The molecule has 3 atom stereocenters. The van der Waals surface area contributed by atoms with Gasteiger partial charge in [-0.15, -0.1) is 0 Å². The Morgan fingerprint density at radius 3 is 2.70 bits per heavy atom. The lowest BCUT2D eigenvalue weighted by Gasteiger charge is -2.58. The molecule has 1 saturated carbocycles. The first-order valence-electron chi connectivity index (χ1n) is 11.5. The molecule has 0 bridgehead atoms. The average Bonchev–Trinajstić information content (AvgIpc) is 2.76. The Labute approximate surface area is 206 Å². The minimum absolute atomic E-state index is 0.0135. The van der Waals surface area contributed by atoms with Gasteiger partial charge in [-0.3, -0.25) is 4.79 Å². The maximum atomic E-state index is 12.9. The Kier molecular flexibility index (Phi) is 6.71. The van der Waals surface area contributed by atoms with Crippen LogP contribution in [0.15, 0.2) is 42.5 Å². The summed E-state index contributed by atoms with van der Waals surface area (Å²) in [6.07, 6.45) is 3.18. The Morgan fingerprint density at radius 1 is 1.18 bits per heavy atom. The van der Waals surface area contributed by atoms with E-state index in [4.69, 9.17) is 27.9 Å². The summed E-state index contributed by atoms with van der Waals surface area (Å²) >= 11 is 12.1. The molecule has 0 radical (unpaired) electrons. The number of rotatable bonds is 5. The van der Waals surface area contributed by atoms with Crippen molar-refractivity contribution in [2.24, 2.45) is 0 Å². The number of fused-ring (bicyclic) bond motifs is 1. The van der Waals surface area contributed by atoms with Crippen LogP contribution in [0.4, 0.5) is 0 Å². The zero-order chi connectivity index (χ0) is 23.9. The number of ether oxygens (including phenoxy) is 1. The number of methoxy groups -OCH3 is 1. The lowest BCUT2D eigenvalue weighted by molar-refractivity contribution is -0.905. The van der Waals surface area contributed by atoms with Crippen LogP contribution >= 0.6 is 23.2 Å². The molecule has 178 valence electrons. The fourth-order valence-electron chi connectivity index (χ4n) is 5.90. The molecule has 2 fully saturated rings. The Morgan fingerprint density at radius 2 is 1.97 bits per heavy atom. The molecular weight excluding hydrogens is 459 g/mol. The van der Waals surface area contributed by atoms with Crippen molar-refractivity contribution in [3.8, 4) is 5.75 Å². The first-order chi connectivity index (χ1) is 15.6. The van der Waals surface area contributed by atoms with Gasteiger partial charge in [0.05, 0.1) is 44.2 Å². The third kappa shape index (κ3) is 4.88. The molecule has 2 N–H and O–H groups in total. The third-order valence-corrected chi connectivity index (χ3v) is 8.30. The van der Waals surface area contributed by atoms with E-state index in [9.17, 15) is 9.90 Å². The summed E-state index contributed by atoms with van der Waals surface area (Å²) < 4.78 is 6.28. The summed E-state index contributed by atoms with van der Waals surface area (Å²) in [7, 11) is 6.02. The second-order valence-corrected chi connectivity index (χ2v) is 11.2. The molecule has 1 aliphatic heterocycles. The van der Waals surface area contributed by atoms with Gasteiger partial charge in [0, 0.05) is 17.9 Å². The maximum absolute atomic E-state index is 12.9. The van der Waals surface area contributed by atoms with Gasteiger partial charge in [-0.1, -0.05) is 41.4 Å². The van der Waals surface area contributed by atoms with E-state index in [1.54, 1.807) is 19.2 Å². The minimum atomic E-state index is -0.841. The van der Waals surface area contributed by atoms with Crippen LogP contribution in [0.3, 0.4) is 0 Å². The van der Waals surface area contributed by atoms with Gasteiger partial charge in [0.25, 0.3) is 0 Å². The van der Waals surface area contributed by atoms with Gasteiger partial charge in [0.2, 0.25) is 5.91 Å². The van der Waals surface area contributed by atoms with Crippen LogP contribution in [-0.4, -0.2) is 61.4 Å². The number of benzene rings is 2. The van der Waals surface area contributed by atoms with Crippen LogP contribution in [0.25, 0.3) is 0 Å². The number of aliphatic hydroxyl groups is 1. The fourth-order valence-corrected chi connectivity index (χ4v) is 6.22. The van der Waals surface area contributed by atoms with E-state index in [1.165, 1.54) is 0 Å². The third-order valence-electron chi connectivity index (χ3n) is 7.56. The van der Waals surface area contributed by atoms with E-state index in [2.05, 4.69) is 31.5 Å². The molecular formula is C26H33Cl2N2O3+. The number of likely N-dealkylation sites (tertiary alicyclic amines) is 1. The van der Waals surface area contributed by atoms with Gasteiger partial charge in [-0.2, -0.15) is 0 Å². The van der Waals surface area contributed by atoms with Crippen LogP contribution in [-0.2, 0) is 16.6 Å². The number of carbonyl (C=O) groups excluding carboxylic acids is 1. The highest BCUT2D eigenvalue weighted by Gasteiger charge is 2.60. The molecule has 1 amide bonds. The number of nitrogens with one attached hydrogen (secondary N) is 1. The Balaban J connectivity index is 1.58. The Bertz CT molecular complexity index is 1040. The first kappa shape index (κ1) is 24.3. The number of amides is 1. The molecule has 33 heavy (non-hydrogen) atoms. The number of carbonyl (C=O) groups is 1. The Hall–Kier alpha value is -1.79. The van der Waals surface area contributed by atoms with Crippen LogP contribution < -0.4 is 10.1 Å². The standard InChI is InChI=1S/C26H32Cl2N2O3/c1-30(2)12-11-25(19-5-4-6-21(15-19)33-3)16-20(9-10-26(25,32)17-30)29-24(31)14-18-7-8-22(27)23(28)13-18/h4-8,13,15,20,32H,9-12,14,16-17H2,1-3H3/p+1/t20-,25-,26-/m0/s1. The lowest BCUT2D eigenvalue weighted by atomic mass is 9.55. The number of piperidine rings is 1. The van der Waals surface area contributed by atoms with Crippen molar-refractivity contribution in [2.75, 3.05) is 34.3 Å². The number of halogens is 2. The second-order valence-electron chi connectivity index (χ2n) is 10.3. The summed E-state index contributed by atoms with van der Waals surface area (Å²) in [4.78, 5) is 12.9. The molecule has 2 aliphatic rings. The number of hydrogen-bond donors (Lipinski definition) is 2. The zero-order valence-corrected chi connectivity index (χ0v) is 21.0. The molecule has 2 aromatic carbocycles. The van der Waals surface area contributed by atoms with E-state index < -0.39 is 11.0 Å². The van der Waals surface area contributed by atoms with Crippen molar-refractivity contribution >= 4 is 29.1 Å². The number of hydrogen-bond acceptors (Lipinski definition) is 3. The topological polar surface area (TPSA) is 58.6 Å². The summed E-state index contributed by atoms with van der Waals surface area (Å²) in [6.45, 7) is 1.65. The second kappa shape index (κ2) is 9.10. The van der Waals surface area contributed by atoms with E-state index in [1.807, 2.05) is 18.2 Å². The van der Waals surface area contributed by atoms with Gasteiger partial charge in [-0.25, -0.2) is 0 Å². The highest BCUT2D eigenvalue weighted by Crippen LogP contribution is 2.52. The van der Waals surface area contributed by atoms with E-state index >= 15 is 0 Å². The molecule has 5 nitrogen and oxygen atoms in total. The van der Waals surface area contributed by atoms with Crippen LogP contribution in [0.2, 0.25) is 10.0 Å². The van der Waals surface area contributed by atoms with E-state index in [-0.39, 0.29) is 18.4 Å². The smallest absolute Gasteiger partial charge is 0.224 e. The molecule has 1 heterocycles. The average molecular weight is 492 g/mol. The van der Waals surface area contributed by atoms with Crippen molar-refractivity contribution in [1.82, 2.24) is 5.32 Å². The van der Waals surface area contributed by atoms with E-state index in [0.717, 1.165) is 40.7 Å². The summed E-state index contributed by atoms with van der Waals surface area (Å²) in [5.41, 5.74) is 0.641. The van der Waals surface area contributed by atoms with Gasteiger partial charge < -0.3 is 19.6 Å². The summed E-state index contributed by atoms with van der Waals surface area (Å²) in [5, 5.41) is 16.2. The minimum Gasteiger partial charge on any atom is -0.497 e.